The highest BCUT2D eigenvalue weighted by molar-refractivity contribution is 5.13. The summed E-state index contributed by atoms with van der Waals surface area (Å²) in [6.45, 7) is 6.20. The summed E-state index contributed by atoms with van der Waals surface area (Å²) in [7, 11) is 1.74. The molecule has 1 aromatic carbocycles. The quantitative estimate of drug-likeness (QED) is 0.463. The van der Waals surface area contributed by atoms with E-state index in [4.69, 9.17) is 9.47 Å². The Morgan fingerprint density at radius 2 is 1.94 bits per heavy atom. The lowest BCUT2D eigenvalue weighted by Gasteiger charge is -2.12. The van der Waals surface area contributed by atoms with Gasteiger partial charge in [-0.25, -0.2) is 0 Å². The Bertz CT molecular complexity index is 308. The third-order valence-electron chi connectivity index (χ3n) is 3.00. The minimum absolute atomic E-state index is 0.538. The van der Waals surface area contributed by atoms with Crippen LogP contribution < -0.4 is 0 Å². The Morgan fingerprint density at radius 1 is 1.17 bits per heavy atom. The van der Waals surface area contributed by atoms with Crippen LogP contribution in [0.15, 0.2) is 43.0 Å². The molecular weight excluding hydrogens is 224 g/mol. The normalized spacial score (nSPS) is 12.3. The molecular formula is C16H24O2. The van der Waals surface area contributed by atoms with Crippen LogP contribution in [0.3, 0.4) is 0 Å². The smallest absolute Gasteiger partial charge is 0.0716 e. The molecule has 1 rings (SSSR count). The Morgan fingerprint density at radius 3 is 2.61 bits per heavy atom. The third kappa shape index (κ3) is 6.58. The molecule has 0 amide bonds. The van der Waals surface area contributed by atoms with Crippen LogP contribution in [0.4, 0.5) is 0 Å². The monoisotopic (exact) mass is 248 g/mol. The summed E-state index contributed by atoms with van der Waals surface area (Å²) in [6, 6.07) is 10.3. The summed E-state index contributed by atoms with van der Waals surface area (Å²) in [5.41, 5.74) is 1.23. The van der Waals surface area contributed by atoms with E-state index in [1.54, 1.807) is 7.11 Å². The molecule has 0 aliphatic carbocycles. The van der Waals surface area contributed by atoms with Crippen molar-refractivity contribution in [1.82, 2.24) is 0 Å². The molecule has 2 nitrogen and oxygen atoms in total. The van der Waals surface area contributed by atoms with Gasteiger partial charge in [0.2, 0.25) is 0 Å². The fourth-order valence-electron chi connectivity index (χ4n) is 1.87. The van der Waals surface area contributed by atoms with E-state index < -0.39 is 0 Å². The topological polar surface area (TPSA) is 18.5 Å². The molecule has 0 heterocycles. The Labute approximate surface area is 111 Å². The van der Waals surface area contributed by atoms with E-state index in [9.17, 15) is 0 Å². The standard InChI is InChI=1S/C16H24O2/c1-3-15(10-7-12-17-2)11-13-18-14-16-8-5-4-6-9-16/h3-6,8-9,15H,1,7,10-14H2,2H3. The predicted molar refractivity (Wildman–Crippen MR) is 75.5 cm³/mol. The third-order valence-corrected chi connectivity index (χ3v) is 3.00. The van der Waals surface area contributed by atoms with Gasteiger partial charge in [0.25, 0.3) is 0 Å². The zero-order valence-corrected chi connectivity index (χ0v) is 11.3. The maximum absolute atomic E-state index is 5.68. The van der Waals surface area contributed by atoms with E-state index in [2.05, 4.69) is 18.7 Å². The van der Waals surface area contributed by atoms with Crippen LogP contribution in [0.5, 0.6) is 0 Å². The molecule has 0 bridgehead atoms. The van der Waals surface area contributed by atoms with Gasteiger partial charge in [0.1, 0.15) is 0 Å². The minimum Gasteiger partial charge on any atom is -0.385 e. The van der Waals surface area contributed by atoms with Gasteiger partial charge in [-0.2, -0.15) is 0 Å². The van der Waals surface area contributed by atoms with Gasteiger partial charge < -0.3 is 9.47 Å². The highest BCUT2D eigenvalue weighted by Crippen LogP contribution is 2.13. The van der Waals surface area contributed by atoms with Crippen LogP contribution in [-0.2, 0) is 16.1 Å². The van der Waals surface area contributed by atoms with E-state index in [0.29, 0.717) is 12.5 Å². The summed E-state index contributed by atoms with van der Waals surface area (Å²) in [5.74, 6) is 0.538. The molecule has 1 atom stereocenters. The van der Waals surface area contributed by atoms with Gasteiger partial charge in [-0.05, 0) is 30.7 Å². The summed E-state index contributed by atoms with van der Waals surface area (Å²) in [5, 5.41) is 0. The van der Waals surface area contributed by atoms with Crippen LogP contribution in [0, 0.1) is 5.92 Å². The Kier molecular flexibility index (Phi) is 8.19. The number of hydrogen-bond acceptors (Lipinski definition) is 2. The lowest BCUT2D eigenvalue weighted by molar-refractivity contribution is 0.109. The van der Waals surface area contributed by atoms with Crippen molar-refractivity contribution in [3.63, 3.8) is 0 Å². The molecule has 2 heteroatoms. The lowest BCUT2D eigenvalue weighted by atomic mass is 10.0. The van der Waals surface area contributed by atoms with Gasteiger partial charge in [-0.3, -0.25) is 0 Å². The van der Waals surface area contributed by atoms with E-state index >= 15 is 0 Å². The molecule has 100 valence electrons. The van der Waals surface area contributed by atoms with E-state index in [1.807, 2.05) is 24.3 Å². The van der Waals surface area contributed by atoms with Crippen molar-refractivity contribution in [2.24, 2.45) is 5.92 Å². The number of allylic oxidation sites excluding steroid dienone is 1. The van der Waals surface area contributed by atoms with Gasteiger partial charge >= 0.3 is 0 Å². The molecule has 0 aliphatic heterocycles. The van der Waals surface area contributed by atoms with Crippen molar-refractivity contribution in [3.8, 4) is 0 Å². The van der Waals surface area contributed by atoms with Crippen LogP contribution in [0.2, 0.25) is 0 Å². The Balaban J connectivity index is 2.10. The molecule has 1 unspecified atom stereocenters. The first-order chi connectivity index (χ1) is 8.86. The van der Waals surface area contributed by atoms with E-state index in [0.717, 1.165) is 32.5 Å². The minimum atomic E-state index is 0.538. The molecule has 0 radical (unpaired) electrons. The second-order valence-corrected chi connectivity index (χ2v) is 4.46. The van der Waals surface area contributed by atoms with E-state index in [-0.39, 0.29) is 0 Å². The van der Waals surface area contributed by atoms with Gasteiger partial charge in [0.05, 0.1) is 6.61 Å². The predicted octanol–water partition coefficient (Wildman–Crippen LogP) is 3.82. The summed E-state index contributed by atoms with van der Waals surface area (Å²) in [4.78, 5) is 0. The molecule has 0 spiro atoms. The fourth-order valence-corrected chi connectivity index (χ4v) is 1.87. The zero-order chi connectivity index (χ0) is 13.1. The van der Waals surface area contributed by atoms with Crippen LogP contribution in [0.1, 0.15) is 24.8 Å². The maximum Gasteiger partial charge on any atom is 0.0716 e. The first-order valence-corrected chi connectivity index (χ1v) is 6.60. The van der Waals surface area contributed by atoms with Crippen LogP contribution in [0.25, 0.3) is 0 Å². The van der Waals surface area contributed by atoms with Crippen LogP contribution >= 0.6 is 0 Å². The fraction of sp³-hybridized carbons (Fsp3) is 0.500. The van der Waals surface area contributed by atoms with Crippen molar-refractivity contribution in [3.05, 3.63) is 48.6 Å². The summed E-state index contributed by atoms with van der Waals surface area (Å²) < 4.78 is 10.7. The van der Waals surface area contributed by atoms with Crippen molar-refractivity contribution < 1.29 is 9.47 Å². The average Bonchev–Trinajstić information content (AvgIpc) is 2.43. The molecule has 0 N–H and O–H groups in total. The molecule has 0 fully saturated rings. The number of methoxy groups -OCH3 is 1. The largest absolute Gasteiger partial charge is 0.385 e. The number of hydrogen-bond donors (Lipinski definition) is 0. The van der Waals surface area contributed by atoms with Gasteiger partial charge in [-0.15, -0.1) is 6.58 Å². The highest BCUT2D eigenvalue weighted by Gasteiger charge is 2.04. The molecule has 0 aliphatic rings. The average molecular weight is 248 g/mol. The van der Waals surface area contributed by atoms with Crippen molar-refractivity contribution in [2.45, 2.75) is 25.9 Å². The van der Waals surface area contributed by atoms with Crippen LogP contribution in [-0.4, -0.2) is 20.3 Å². The first-order valence-electron chi connectivity index (χ1n) is 6.60. The van der Waals surface area contributed by atoms with Crippen molar-refractivity contribution >= 4 is 0 Å². The molecule has 1 aromatic rings. The molecule has 18 heavy (non-hydrogen) atoms. The number of rotatable bonds is 10. The summed E-state index contributed by atoms with van der Waals surface area (Å²) >= 11 is 0. The van der Waals surface area contributed by atoms with Crippen molar-refractivity contribution in [1.29, 1.82) is 0 Å². The SMILES string of the molecule is C=CC(CCCOC)CCOCc1ccccc1. The Hall–Kier alpha value is -1.12. The zero-order valence-electron chi connectivity index (χ0n) is 11.3. The maximum atomic E-state index is 5.68. The summed E-state index contributed by atoms with van der Waals surface area (Å²) in [6.07, 6.45) is 5.29. The number of benzene rings is 1. The van der Waals surface area contributed by atoms with Gasteiger partial charge in [0, 0.05) is 20.3 Å². The van der Waals surface area contributed by atoms with Crippen molar-refractivity contribution in [2.75, 3.05) is 20.3 Å². The lowest BCUT2D eigenvalue weighted by Crippen LogP contribution is -2.04. The molecule has 0 saturated carbocycles. The second kappa shape index (κ2) is 9.86. The van der Waals surface area contributed by atoms with Gasteiger partial charge in [-0.1, -0.05) is 36.4 Å². The van der Waals surface area contributed by atoms with E-state index in [1.165, 1.54) is 5.56 Å². The molecule has 0 aromatic heterocycles. The first kappa shape index (κ1) is 14.9. The van der Waals surface area contributed by atoms with Gasteiger partial charge in [0.15, 0.2) is 0 Å². The molecule has 0 saturated heterocycles. The second-order valence-electron chi connectivity index (χ2n) is 4.46. The number of ether oxygens (including phenoxy) is 2. The highest BCUT2D eigenvalue weighted by atomic mass is 16.5.